The number of nitrogens with one attached hydrogen (secondary N) is 2. The van der Waals surface area contributed by atoms with Crippen LogP contribution in [0.25, 0.3) is 10.9 Å². The van der Waals surface area contributed by atoms with Crippen LogP contribution in [0.5, 0.6) is 0 Å². The van der Waals surface area contributed by atoms with Gasteiger partial charge in [-0.1, -0.05) is 44.2 Å². The number of rotatable bonds is 4. The average molecular weight is 446 g/mol. The lowest BCUT2D eigenvalue weighted by molar-refractivity contribution is -0.125. The summed E-state index contributed by atoms with van der Waals surface area (Å²) in [6, 6.07) is 14.9. The summed E-state index contributed by atoms with van der Waals surface area (Å²) >= 11 is 0. The number of piperidine rings is 1. The van der Waals surface area contributed by atoms with Crippen molar-refractivity contribution in [2.45, 2.75) is 38.3 Å². The maximum absolute atomic E-state index is 13.1. The number of hydrogen-bond donors (Lipinski definition) is 2. The van der Waals surface area contributed by atoms with E-state index in [2.05, 4.69) is 22.9 Å². The van der Waals surface area contributed by atoms with Gasteiger partial charge in [-0.25, -0.2) is 4.79 Å². The molecule has 2 saturated heterocycles. The number of aromatic nitrogens is 2. The molecule has 4 amide bonds. The fourth-order valence-electron chi connectivity index (χ4n) is 4.97. The maximum atomic E-state index is 13.1. The highest BCUT2D eigenvalue weighted by atomic mass is 16.2. The first-order valence-electron chi connectivity index (χ1n) is 11.4. The summed E-state index contributed by atoms with van der Waals surface area (Å²) in [6.45, 7) is 5.10. The van der Waals surface area contributed by atoms with Gasteiger partial charge in [0.15, 0.2) is 0 Å². The number of fused-ring (bicyclic) bond motifs is 1. The highest BCUT2D eigenvalue weighted by Crippen LogP contribution is 2.33. The summed E-state index contributed by atoms with van der Waals surface area (Å²) in [7, 11) is 0. The van der Waals surface area contributed by atoms with Crippen LogP contribution in [0.1, 0.15) is 48.7 Å². The zero-order chi connectivity index (χ0) is 23.2. The Morgan fingerprint density at radius 3 is 2.36 bits per heavy atom. The Morgan fingerprint density at radius 2 is 1.76 bits per heavy atom. The van der Waals surface area contributed by atoms with Gasteiger partial charge in [-0.05, 0) is 42.5 Å². The fourth-order valence-corrected chi connectivity index (χ4v) is 4.97. The molecule has 8 nitrogen and oxygen atoms in total. The summed E-state index contributed by atoms with van der Waals surface area (Å²) in [5.41, 5.74) is 1.11. The summed E-state index contributed by atoms with van der Waals surface area (Å²) < 4.78 is 2.04. The number of benzene rings is 2. The Bertz CT molecular complexity index is 1190. The highest BCUT2D eigenvalue weighted by Gasteiger charge is 2.50. The summed E-state index contributed by atoms with van der Waals surface area (Å²) in [5, 5.41) is 10.9. The van der Waals surface area contributed by atoms with Crippen LogP contribution in [0.15, 0.2) is 54.7 Å². The first-order chi connectivity index (χ1) is 15.9. The molecule has 0 saturated carbocycles. The molecule has 1 unspecified atom stereocenters. The second-order valence-electron chi connectivity index (χ2n) is 9.14. The zero-order valence-electron chi connectivity index (χ0n) is 18.7. The van der Waals surface area contributed by atoms with E-state index in [1.54, 1.807) is 24.3 Å². The third-order valence-electron chi connectivity index (χ3n) is 6.91. The Labute approximate surface area is 191 Å². The number of imide groups is 1. The van der Waals surface area contributed by atoms with Crippen molar-refractivity contribution < 1.29 is 14.4 Å². The van der Waals surface area contributed by atoms with Crippen molar-refractivity contribution in [3.63, 3.8) is 0 Å². The normalized spacial score (nSPS) is 21.5. The van der Waals surface area contributed by atoms with Gasteiger partial charge in [-0.2, -0.15) is 5.10 Å². The number of hydrogen-bond acceptors (Lipinski definition) is 4. The van der Waals surface area contributed by atoms with E-state index in [0.717, 1.165) is 23.7 Å². The molecule has 3 heterocycles. The predicted molar refractivity (Wildman–Crippen MR) is 124 cm³/mol. The molecule has 0 aliphatic carbocycles. The van der Waals surface area contributed by atoms with Crippen molar-refractivity contribution in [2.75, 3.05) is 13.1 Å². The van der Waals surface area contributed by atoms with Gasteiger partial charge in [0, 0.05) is 30.2 Å². The van der Waals surface area contributed by atoms with Crippen LogP contribution in [0.3, 0.4) is 0 Å². The van der Waals surface area contributed by atoms with Crippen LogP contribution >= 0.6 is 0 Å². The third-order valence-corrected chi connectivity index (χ3v) is 6.91. The van der Waals surface area contributed by atoms with Gasteiger partial charge in [-0.15, -0.1) is 0 Å². The van der Waals surface area contributed by atoms with Gasteiger partial charge in [-0.3, -0.25) is 19.6 Å². The van der Waals surface area contributed by atoms with Crippen LogP contribution in [0.2, 0.25) is 0 Å². The van der Waals surface area contributed by atoms with Gasteiger partial charge in [0.1, 0.15) is 5.54 Å². The molecule has 2 aliphatic rings. The molecule has 2 aliphatic heterocycles. The molecule has 1 atom stereocenters. The molecule has 2 aromatic carbocycles. The second-order valence-corrected chi connectivity index (χ2v) is 9.14. The Balaban J connectivity index is 1.28. The number of amides is 4. The Morgan fingerprint density at radius 1 is 1.06 bits per heavy atom. The van der Waals surface area contributed by atoms with E-state index in [1.807, 2.05) is 41.6 Å². The van der Waals surface area contributed by atoms with Gasteiger partial charge in [0.2, 0.25) is 0 Å². The molecule has 3 aromatic rings. The molecule has 0 radical (unpaired) electrons. The van der Waals surface area contributed by atoms with Crippen molar-refractivity contribution in [1.82, 2.24) is 25.3 Å². The highest BCUT2D eigenvalue weighted by molar-refractivity contribution is 6.07. The topological polar surface area (TPSA) is 96.3 Å². The number of carbonyl (C=O) groups excluding carboxylic acids is 3. The molecule has 1 aromatic heterocycles. The Kier molecular flexibility index (Phi) is 5.15. The molecule has 8 heteroatoms. The van der Waals surface area contributed by atoms with Crippen LogP contribution < -0.4 is 10.6 Å². The maximum Gasteiger partial charge on any atom is 0.322 e. The van der Waals surface area contributed by atoms with E-state index in [9.17, 15) is 14.4 Å². The van der Waals surface area contributed by atoms with E-state index >= 15 is 0 Å². The molecular formula is C25H27N5O3. The van der Waals surface area contributed by atoms with Crippen LogP contribution in [-0.4, -0.2) is 45.6 Å². The van der Waals surface area contributed by atoms with Gasteiger partial charge >= 0.3 is 6.03 Å². The molecule has 170 valence electrons. The quantitative estimate of drug-likeness (QED) is 0.603. The van der Waals surface area contributed by atoms with E-state index in [-0.39, 0.29) is 23.8 Å². The zero-order valence-corrected chi connectivity index (χ0v) is 18.7. The van der Waals surface area contributed by atoms with E-state index in [0.29, 0.717) is 24.2 Å². The molecule has 2 fully saturated rings. The number of urea groups is 1. The molecule has 5 rings (SSSR count). The largest absolute Gasteiger partial charge is 0.338 e. The average Bonchev–Trinajstić information content (AvgIpc) is 3.39. The fraction of sp³-hybridized carbons (Fsp3) is 0.360. The summed E-state index contributed by atoms with van der Waals surface area (Å²) in [5.74, 6) is -0.539. The van der Waals surface area contributed by atoms with Gasteiger partial charge < -0.3 is 10.2 Å². The van der Waals surface area contributed by atoms with E-state index in [4.69, 9.17) is 5.10 Å². The molecule has 0 bridgehead atoms. The summed E-state index contributed by atoms with van der Waals surface area (Å²) in [4.78, 5) is 39.3. The molecule has 33 heavy (non-hydrogen) atoms. The van der Waals surface area contributed by atoms with Crippen molar-refractivity contribution >= 4 is 28.7 Å². The lowest BCUT2D eigenvalue weighted by Crippen LogP contribution is -2.48. The number of nitrogens with zero attached hydrogens (tertiary/aromatic N) is 3. The van der Waals surface area contributed by atoms with Crippen LogP contribution in [-0.2, 0) is 10.3 Å². The lowest BCUT2D eigenvalue weighted by Gasteiger charge is -2.33. The van der Waals surface area contributed by atoms with Gasteiger partial charge in [0.25, 0.3) is 11.8 Å². The van der Waals surface area contributed by atoms with Crippen molar-refractivity contribution in [3.05, 3.63) is 65.9 Å². The standard InChI is InChI=1S/C25H27N5O3/c1-16(2)25(23(32)26-24(33)27-25)19-9-7-17(8-10-19)22(31)29-13-11-20(12-14-29)30-15-18-5-3-4-6-21(18)28-30/h3-10,15-16,20H,11-14H2,1-2H3,(H2,26,27,32,33). The smallest absolute Gasteiger partial charge is 0.322 e. The van der Waals surface area contributed by atoms with Crippen LogP contribution in [0.4, 0.5) is 4.79 Å². The van der Waals surface area contributed by atoms with Gasteiger partial charge in [0.05, 0.1) is 11.6 Å². The lowest BCUT2D eigenvalue weighted by atomic mass is 9.79. The minimum Gasteiger partial charge on any atom is -0.338 e. The Hall–Kier alpha value is -3.68. The minimum atomic E-state index is -1.12. The monoisotopic (exact) mass is 445 g/mol. The van der Waals surface area contributed by atoms with Crippen molar-refractivity contribution in [1.29, 1.82) is 0 Å². The number of carbonyl (C=O) groups is 3. The van der Waals surface area contributed by atoms with E-state index in [1.165, 1.54) is 0 Å². The minimum absolute atomic E-state index is 0.0240. The third kappa shape index (κ3) is 3.55. The van der Waals surface area contributed by atoms with Crippen molar-refractivity contribution in [3.8, 4) is 0 Å². The first-order valence-corrected chi connectivity index (χ1v) is 11.4. The SMILES string of the molecule is CC(C)C1(c2ccc(C(=O)N3CCC(n4cc5ccccc5n4)CC3)cc2)NC(=O)NC1=O. The molecule has 2 N–H and O–H groups in total. The van der Waals surface area contributed by atoms with E-state index < -0.39 is 11.6 Å². The summed E-state index contributed by atoms with van der Waals surface area (Å²) in [6.07, 6.45) is 3.78. The van der Waals surface area contributed by atoms with Crippen molar-refractivity contribution in [2.24, 2.45) is 5.92 Å². The van der Waals surface area contributed by atoms with Crippen LogP contribution in [0, 0.1) is 5.92 Å². The first kappa shape index (κ1) is 21.2. The molecular weight excluding hydrogens is 418 g/mol. The second kappa shape index (κ2) is 8.03. The number of likely N-dealkylation sites (tertiary alicyclic amines) is 1. The predicted octanol–water partition coefficient (Wildman–Crippen LogP) is 3.20. The molecule has 0 spiro atoms.